The van der Waals surface area contributed by atoms with Crippen LogP contribution in [0.15, 0.2) is 91.5 Å². The summed E-state index contributed by atoms with van der Waals surface area (Å²) in [4.78, 5) is 27.9. The molecular weight excluding hydrogens is 464 g/mol. The highest BCUT2D eigenvalue weighted by Gasteiger charge is 2.18. The standard InChI is InChI=1S/C30H32N4O3/c1-20(2)27(18-33-29(35)24-8-6-21(7-9-24)16-28(31)30(36)37)23-12-10-22(11-13-23)25-4-3-5-26(17-25)34-15-14-32-19-34/h3-15,17,19-20,27-28H,16,18,31H2,1-2H3,(H,33,35)(H,36,37)/t27-,28?/m1/s1. The summed E-state index contributed by atoms with van der Waals surface area (Å²) < 4.78 is 1.98. The summed E-state index contributed by atoms with van der Waals surface area (Å²) in [7, 11) is 0. The van der Waals surface area contributed by atoms with E-state index in [4.69, 9.17) is 10.8 Å². The van der Waals surface area contributed by atoms with Gasteiger partial charge in [0, 0.05) is 36.1 Å². The number of hydrogen-bond acceptors (Lipinski definition) is 4. The number of nitrogens with one attached hydrogen (secondary N) is 1. The molecule has 190 valence electrons. The second kappa shape index (κ2) is 11.7. The lowest BCUT2D eigenvalue weighted by Crippen LogP contribution is -2.32. The zero-order chi connectivity index (χ0) is 26.4. The third-order valence-corrected chi connectivity index (χ3v) is 6.60. The summed E-state index contributed by atoms with van der Waals surface area (Å²) in [5.41, 5.74) is 11.4. The molecule has 0 saturated heterocycles. The van der Waals surface area contributed by atoms with Crippen LogP contribution in [0.1, 0.15) is 41.3 Å². The van der Waals surface area contributed by atoms with Gasteiger partial charge >= 0.3 is 5.97 Å². The number of carboxylic acid groups (broad SMARTS) is 1. The van der Waals surface area contributed by atoms with Crippen molar-refractivity contribution in [3.63, 3.8) is 0 Å². The van der Waals surface area contributed by atoms with E-state index in [0.717, 1.165) is 22.4 Å². The van der Waals surface area contributed by atoms with Gasteiger partial charge in [-0.25, -0.2) is 4.98 Å². The van der Waals surface area contributed by atoms with Gasteiger partial charge in [-0.2, -0.15) is 0 Å². The third-order valence-electron chi connectivity index (χ3n) is 6.60. The topological polar surface area (TPSA) is 110 Å². The van der Waals surface area contributed by atoms with Gasteiger partial charge in [0.15, 0.2) is 0 Å². The van der Waals surface area contributed by atoms with Gasteiger partial charge in [-0.15, -0.1) is 0 Å². The smallest absolute Gasteiger partial charge is 0.320 e. The highest BCUT2D eigenvalue weighted by Crippen LogP contribution is 2.28. The molecule has 37 heavy (non-hydrogen) atoms. The van der Waals surface area contributed by atoms with Gasteiger partial charge in [0.05, 0.1) is 6.33 Å². The Morgan fingerprint density at radius 3 is 2.35 bits per heavy atom. The molecule has 0 fully saturated rings. The molecule has 4 N–H and O–H groups in total. The number of carbonyl (C=O) groups is 2. The van der Waals surface area contributed by atoms with Crippen LogP contribution in [0.5, 0.6) is 0 Å². The quantitative estimate of drug-likeness (QED) is 0.296. The first kappa shape index (κ1) is 25.9. The lowest BCUT2D eigenvalue weighted by Gasteiger charge is -2.22. The van der Waals surface area contributed by atoms with E-state index < -0.39 is 12.0 Å². The first-order valence-electron chi connectivity index (χ1n) is 12.4. The highest BCUT2D eigenvalue weighted by molar-refractivity contribution is 5.94. The molecule has 0 aliphatic rings. The van der Waals surface area contributed by atoms with Gasteiger partial charge in [0.1, 0.15) is 6.04 Å². The lowest BCUT2D eigenvalue weighted by molar-refractivity contribution is -0.138. The minimum atomic E-state index is -1.04. The third kappa shape index (κ3) is 6.51. The number of benzene rings is 3. The summed E-state index contributed by atoms with van der Waals surface area (Å²) >= 11 is 0. The molecule has 0 aliphatic heterocycles. The summed E-state index contributed by atoms with van der Waals surface area (Å²) in [6, 6.07) is 22.8. The number of hydrogen-bond donors (Lipinski definition) is 3. The molecule has 2 atom stereocenters. The molecule has 3 aromatic carbocycles. The van der Waals surface area contributed by atoms with Crippen LogP contribution >= 0.6 is 0 Å². The molecular formula is C30H32N4O3. The Hall–Kier alpha value is -4.23. The van der Waals surface area contributed by atoms with Crippen LogP contribution < -0.4 is 11.1 Å². The molecule has 7 nitrogen and oxygen atoms in total. The van der Waals surface area contributed by atoms with Crippen LogP contribution in [0.25, 0.3) is 16.8 Å². The molecule has 7 heteroatoms. The summed E-state index contributed by atoms with van der Waals surface area (Å²) in [6.45, 7) is 4.82. The minimum Gasteiger partial charge on any atom is -0.480 e. The van der Waals surface area contributed by atoms with E-state index in [1.54, 1.807) is 36.8 Å². The summed E-state index contributed by atoms with van der Waals surface area (Å²) in [5, 5.41) is 12.0. The monoisotopic (exact) mass is 496 g/mol. The minimum absolute atomic E-state index is 0.156. The van der Waals surface area contributed by atoms with Crippen LogP contribution in [-0.4, -0.2) is 39.1 Å². The average molecular weight is 497 g/mol. The van der Waals surface area contributed by atoms with E-state index in [1.807, 2.05) is 16.8 Å². The Balaban J connectivity index is 1.41. The van der Waals surface area contributed by atoms with Crippen molar-refractivity contribution in [2.45, 2.75) is 32.2 Å². The fraction of sp³-hybridized carbons (Fsp3) is 0.233. The van der Waals surface area contributed by atoms with Crippen molar-refractivity contribution < 1.29 is 14.7 Å². The SMILES string of the molecule is CC(C)[C@@H](CNC(=O)c1ccc(CC(N)C(=O)O)cc1)c1ccc(-c2cccc(-n3ccnc3)c2)cc1. The van der Waals surface area contributed by atoms with Crippen LogP contribution in [0.3, 0.4) is 0 Å². The number of rotatable bonds is 10. The number of aliphatic carboxylic acids is 1. The van der Waals surface area contributed by atoms with E-state index >= 15 is 0 Å². The second-order valence-corrected chi connectivity index (χ2v) is 9.55. The first-order valence-corrected chi connectivity index (χ1v) is 12.4. The van der Waals surface area contributed by atoms with Crippen LogP contribution in [0.2, 0.25) is 0 Å². The van der Waals surface area contributed by atoms with Crippen LogP contribution in [0, 0.1) is 5.92 Å². The largest absolute Gasteiger partial charge is 0.480 e. The van der Waals surface area contributed by atoms with E-state index in [1.165, 1.54) is 5.56 Å². The van der Waals surface area contributed by atoms with E-state index in [2.05, 4.69) is 66.6 Å². The molecule has 4 rings (SSSR count). The zero-order valence-corrected chi connectivity index (χ0v) is 21.0. The number of aromatic nitrogens is 2. The molecule has 4 aromatic rings. The lowest BCUT2D eigenvalue weighted by atomic mass is 9.87. The van der Waals surface area contributed by atoms with Crippen molar-refractivity contribution in [3.8, 4) is 16.8 Å². The number of carboxylic acids is 1. The number of nitrogens with zero attached hydrogens (tertiary/aromatic N) is 2. The number of nitrogens with two attached hydrogens (primary N) is 1. The Morgan fingerprint density at radius 1 is 1.00 bits per heavy atom. The maximum absolute atomic E-state index is 12.8. The molecule has 0 spiro atoms. The summed E-state index contributed by atoms with van der Waals surface area (Å²) in [6.07, 6.45) is 5.69. The predicted octanol–water partition coefficient (Wildman–Crippen LogP) is 4.66. The van der Waals surface area contributed by atoms with Crippen LogP contribution in [0.4, 0.5) is 0 Å². The number of amides is 1. The van der Waals surface area contributed by atoms with Crippen molar-refractivity contribution in [2.24, 2.45) is 11.7 Å². The van der Waals surface area contributed by atoms with E-state index in [-0.39, 0.29) is 18.2 Å². The first-order chi connectivity index (χ1) is 17.8. The average Bonchev–Trinajstić information content (AvgIpc) is 3.44. The number of imidazole rings is 1. The highest BCUT2D eigenvalue weighted by atomic mass is 16.4. The van der Waals surface area contributed by atoms with E-state index in [9.17, 15) is 9.59 Å². The molecule has 1 heterocycles. The zero-order valence-electron chi connectivity index (χ0n) is 21.0. The van der Waals surface area contributed by atoms with Crippen molar-refractivity contribution in [2.75, 3.05) is 6.54 Å². The molecule has 0 saturated carbocycles. The number of carbonyl (C=O) groups excluding carboxylic acids is 1. The molecule has 1 amide bonds. The van der Waals surface area contributed by atoms with Crippen molar-refractivity contribution in [1.82, 2.24) is 14.9 Å². The maximum Gasteiger partial charge on any atom is 0.320 e. The summed E-state index contributed by atoms with van der Waals surface area (Å²) in [5.74, 6) is -0.719. The van der Waals surface area contributed by atoms with Gasteiger partial charge in [-0.05, 0) is 58.9 Å². The van der Waals surface area contributed by atoms with Gasteiger partial charge in [0.2, 0.25) is 0 Å². The van der Waals surface area contributed by atoms with Gasteiger partial charge in [-0.1, -0.05) is 62.4 Å². The predicted molar refractivity (Wildman–Crippen MR) is 145 cm³/mol. The Bertz CT molecular complexity index is 1330. The molecule has 0 aliphatic carbocycles. The fourth-order valence-corrected chi connectivity index (χ4v) is 4.36. The molecule has 1 aromatic heterocycles. The Morgan fingerprint density at radius 2 is 1.73 bits per heavy atom. The molecule has 0 radical (unpaired) electrons. The van der Waals surface area contributed by atoms with Crippen LogP contribution in [-0.2, 0) is 11.2 Å². The second-order valence-electron chi connectivity index (χ2n) is 9.55. The Kier molecular flexibility index (Phi) is 8.15. The van der Waals surface area contributed by atoms with Crippen molar-refractivity contribution in [3.05, 3.63) is 108 Å². The fourth-order valence-electron chi connectivity index (χ4n) is 4.36. The Labute approximate surface area is 217 Å². The van der Waals surface area contributed by atoms with Gasteiger partial charge in [-0.3, -0.25) is 9.59 Å². The normalized spacial score (nSPS) is 12.8. The van der Waals surface area contributed by atoms with E-state index in [0.29, 0.717) is 18.0 Å². The molecule has 0 bridgehead atoms. The van der Waals surface area contributed by atoms with Crippen molar-refractivity contribution in [1.29, 1.82) is 0 Å². The maximum atomic E-state index is 12.8. The van der Waals surface area contributed by atoms with Gasteiger partial charge < -0.3 is 20.7 Å². The van der Waals surface area contributed by atoms with Crippen molar-refractivity contribution >= 4 is 11.9 Å². The molecule has 1 unspecified atom stereocenters. The van der Waals surface area contributed by atoms with Gasteiger partial charge in [0.25, 0.3) is 5.91 Å².